The van der Waals surface area contributed by atoms with E-state index in [-0.39, 0.29) is 6.61 Å². The van der Waals surface area contributed by atoms with Crippen molar-refractivity contribution in [3.8, 4) is 0 Å². The van der Waals surface area contributed by atoms with Crippen molar-refractivity contribution < 1.29 is 23.1 Å². The van der Waals surface area contributed by atoms with Crippen molar-refractivity contribution in [2.45, 2.75) is 64.3 Å². The van der Waals surface area contributed by atoms with Crippen LogP contribution in [-0.4, -0.2) is 24.5 Å². The number of halogens is 2. The molecular formula is C21H29F2NO3. The standard InChI is InChI=1S/C21H29F2NO3/c1-3-4-5-6-7-8-9-10-11-15-27-21(26)16(2)24-20(25)19-17(22)13-12-14-18(19)23/h3,12-14,16H,1,4-11,15H2,2H3,(H,24,25)/t16-/m0/s1. The van der Waals surface area contributed by atoms with Crippen LogP contribution in [0, 0.1) is 11.6 Å². The van der Waals surface area contributed by atoms with Gasteiger partial charge < -0.3 is 10.1 Å². The van der Waals surface area contributed by atoms with Gasteiger partial charge in [-0.05, 0) is 38.3 Å². The lowest BCUT2D eigenvalue weighted by Gasteiger charge is -2.14. The highest BCUT2D eigenvalue weighted by molar-refractivity contribution is 5.97. The van der Waals surface area contributed by atoms with E-state index in [4.69, 9.17) is 4.74 Å². The molecule has 1 atom stereocenters. The van der Waals surface area contributed by atoms with Crippen molar-refractivity contribution in [3.05, 3.63) is 48.1 Å². The van der Waals surface area contributed by atoms with E-state index in [2.05, 4.69) is 11.9 Å². The Kier molecular flexibility index (Phi) is 11.0. The third kappa shape index (κ3) is 8.80. The van der Waals surface area contributed by atoms with Gasteiger partial charge in [0.2, 0.25) is 0 Å². The van der Waals surface area contributed by atoms with Gasteiger partial charge in [-0.3, -0.25) is 4.79 Å². The van der Waals surface area contributed by atoms with Crippen LogP contribution in [0.2, 0.25) is 0 Å². The van der Waals surface area contributed by atoms with Gasteiger partial charge in [-0.15, -0.1) is 6.58 Å². The van der Waals surface area contributed by atoms with Crippen molar-refractivity contribution in [2.24, 2.45) is 0 Å². The molecule has 1 aromatic rings. The number of amides is 1. The molecule has 1 N–H and O–H groups in total. The minimum absolute atomic E-state index is 0.267. The lowest BCUT2D eigenvalue weighted by Crippen LogP contribution is -2.40. The van der Waals surface area contributed by atoms with Gasteiger partial charge in [0.1, 0.15) is 23.2 Å². The highest BCUT2D eigenvalue weighted by Gasteiger charge is 2.22. The van der Waals surface area contributed by atoms with E-state index < -0.39 is 35.1 Å². The number of carbonyl (C=O) groups is 2. The highest BCUT2D eigenvalue weighted by atomic mass is 19.1. The lowest BCUT2D eigenvalue weighted by molar-refractivity contribution is -0.145. The van der Waals surface area contributed by atoms with Crippen LogP contribution >= 0.6 is 0 Å². The summed E-state index contributed by atoms with van der Waals surface area (Å²) >= 11 is 0. The number of carbonyl (C=O) groups excluding carboxylic acids is 2. The van der Waals surface area contributed by atoms with Crippen LogP contribution < -0.4 is 5.32 Å². The summed E-state index contributed by atoms with van der Waals surface area (Å²) in [7, 11) is 0. The molecule has 27 heavy (non-hydrogen) atoms. The predicted molar refractivity (Wildman–Crippen MR) is 101 cm³/mol. The van der Waals surface area contributed by atoms with E-state index in [9.17, 15) is 18.4 Å². The fraction of sp³-hybridized carbons (Fsp3) is 0.524. The molecule has 0 saturated heterocycles. The second-order valence-electron chi connectivity index (χ2n) is 6.51. The zero-order chi connectivity index (χ0) is 20.1. The Bertz CT molecular complexity index is 599. The van der Waals surface area contributed by atoms with E-state index in [0.29, 0.717) is 0 Å². The number of rotatable bonds is 13. The number of hydrogen-bond acceptors (Lipinski definition) is 3. The van der Waals surface area contributed by atoms with Gasteiger partial charge in [0.15, 0.2) is 0 Å². The number of ether oxygens (including phenoxy) is 1. The normalized spacial score (nSPS) is 11.7. The summed E-state index contributed by atoms with van der Waals surface area (Å²) in [4.78, 5) is 23.8. The molecule has 0 heterocycles. The molecule has 0 radical (unpaired) electrons. The number of esters is 1. The molecule has 150 valence electrons. The predicted octanol–water partition coefficient (Wildman–Crippen LogP) is 4.93. The Morgan fingerprint density at radius 1 is 1.07 bits per heavy atom. The van der Waals surface area contributed by atoms with E-state index in [1.54, 1.807) is 0 Å². The van der Waals surface area contributed by atoms with Crippen LogP contribution in [0.1, 0.15) is 68.6 Å². The molecule has 0 aromatic heterocycles. The Labute approximate surface area is 160 Å². The number of hydrogen-bond donors (Lipinski definition) is 1. The van der Waals surface area contributed by atoms with Crippen LogP contribution in [0.25, 0.3) is 0 Å². The van der Waals surface area contributed by atoms with Crippen molar-refractivity contribution in [1.29, 1.82) is 0 Å². The first-order valence-corrected chi connectivity index (χ1v) is 9.49. The topological polar surface area (TPSA) is 55.4 Å². The summed E-state index contributed by atoms with van der Waals surface area (Å²) in [5, 5.41) is 2.26. The molecule has 4 nitrogen and oxygen atoms in total. The van der Waals surface area contributed by atoms with Crippen LogP contribution in [0.5, 0.6) is 0 Å². The average molecular weight is 381 g/mol. The Hall–Kier alpha value is -2.24. The summed E-state index contributed by atoms with van der Waals surface area (Å²) in [6, 6.07) is 2.16. The molecule has 1 rings (SSSR count). The summed E-state index contributed by atoms with van der Waals surface area (Å²) in [6.07, 6.45) is 10.6. The highest BCUT2D eigenvalue weighted by Crippen LogP contribution is 2.12. The van der Waals surface area contributed by atoms with E-state index in [1.807, 2.05) is 6.08 Å². The zero-order valence-corrected chi connectivity index (χ0v) is 15.9. The van der Waals surface area contributed by atoms with Crippen LogP contribution in [0.4, 0.5) is 8.78 Å². The first-order chi connectivity index (χ1) is 13.0. The Morgan fingerprint density at radius 3 is 2.22 bits per heavy atom. The first-order valence-electron chi connectivity index (χ1n) is 9.49. The van der Waals surface area contributed by atoms with E-state index in [0.717, 1.165) is 44.2 Å². The smallest absolute Gasteiger partial charge is 0.328 e. The summed E-state index contributed by atoms with van der Waals surface area (Å²) in [6.45, 7) is 5.38. The first kappa shape index (κ1) is 22.8. The number of allylic oxidation sites excluding steroid dienone is 1. The fourth-order valence-electron chi connectivity index (χ4n) is 2.61. The molecule has 0 aliphatic heterocycles. The molecule has 0 unspecified atom stereocenters. The van der Waals surface area contributed by atoms with Gasteiger partial charge in [0.25, 0.3) is 5.91 Å². The van der Waals surface area contributed by atoms with Gasteiger partial charge in [0, 0.05) is 0 Å². The maximum atomic E-state index is 13.6. The maximum Gasteiger partial charge on any atom is 0.328 e. The minimum atomic E-state index is -0.985. The molecule has 1 amide bonds. The van der Waals surface area contributed by atoms with Crippen LogP contribution in [-0.2, 0) is 9.53 Å². The van der Waals surface area contributed by atoms with Gasteiger partial charge in [-0.2, -0.15) is 0 Å². The molecule has 0 aliphatic carbocycles. The Balaban J connectivity index is 2.19. The monoisotopic (exact) mass is 381 g/mol. The second kappa shape index (κ2) is 13.0. The molecule has 0 bridgehead atoms. The molecular weight excluding hydrogens is 352 g/mol. The third-order valence-corrected chi connectivity index (χ3v) is 4.19. The third-order valence-electron chi connectivity index (χ3n) is 4.19. The van der Waals surface area contributed by atoms with Crippen molar-refractivity contribution >= 4 is 11.9 Å². The zero-order valence-electron chi connectivity index (χ0n) is 15.9. The largest absolute Gasteiger partial charge is 0.464 e. The minimum Gasteiger partial charge on any atom is -0.464 e. The van der Waals surface area contributed by atoms with Crippen molar-refractivity contribution in [1.82, 2.24) is 5.32 Å². The molecule has 1 aromatic carbocycles. The Morgan fingerprint density at radius 2 is 1.63 bits per heavy atom. The summed E-state index contributed by atoms with van der Waals surface area (Å²) < 4.78 is 32.2. The molecule has 0 aliphatic rings. The van der Waals surface area contributed by atoms with Crippen molar-refractivity contribution in [3.63, 3.8) is 0 Å². The van der Waals surface area contributed by atoms with Gasteiger partial charge in [0.05, 0.1) is 6.61 Å². The molecule has 0 saturated carbocycles. The van der Waals surface area contributed by atoms with Crippen LogP contribution in [0.3, 0.4) is 0 Å². The number of benzene rings is 1. The second-order valence-corrected chi connectivity index (χ2v) is 6.51. The van der Waals surface area contributed by atoms with E-state index in [1.165, 1.54) is 32.3 Å². The van der Waals surface area contributed by atoms with Crippen LogP contribution in [0.15, 0.2) is 30.9 Å². The quantitative estimate of drug-likeness (QED) is 0.299. The fourth-order valence-corrected chi connectivity index (χ4v) is 2.61. The molecule has 6 heteroatoms. The lowest BCUT2D eigenvalue weighted by atomic mass is 10.1. The van der Waals surface area contributed by atoms with E-state index >= 15 is 0 Å². The van der Waals surface area contributed by atoms with Gasteiger partial charge >= 0.3 is 5.97 Å². The number of unbranched alkanes of at least 4 members (excludes halogenated alkanes) is 7. The van der Waals surface area contributed by atoms with Crippen molar-refractivity contribution in [2.75, 3.05) is 6.61 Å². The maximum absolute atomic E-state index is 13.6. The SMILES string of the molecule is C=CCCCCCCCCCOC(=O)[C@H](C)NC(=O)c1c(F)cccc1F. The number of nitrogens with one attached hydrogen (secondary N) is 1. The summed E-state index contributed by atoms with van der Waals surface area (Å²) in [5.41, 5.74) is -0.703. The van der Waals surface area contributed by atoms with Gasteiger partial charge in [-0.1, -0.05) is 44.2 Å². The van der Waals surface area contributed by atoms with Gasteiger partial charge in [-0.25, -0.2) is 13.6 Å². The summed E-state index contributed by atoms with van der Waals surface area (Å²) in [5.74, 6) is -3.55. The molecule has 0 spiro atoms. The average Bonchev–Trinajstić information content (AvgIpc) is 2.62. The molecule has 0 fully saturated rings.